The summed E-state index contributed by atoms with van der Waals surface area (Å²) < 4.78 is 7.28. The monoisotopic (exact) mass is 368 g/mol. The van der Waals surface area contributed by atoms with Crippen molar-refractivity contribution in [1.82, 2.24) is 0 Å². The number of rotatable bonds is 3. The summed E-state index contributed by atoms with van der Waals surface area (Å²) in [6, 6.07) is 9.49. The average Bonchev–Trinajstić information content (AvgIpc) is 2.75. The fourth-order valence-corrected chi connectivity index (χ4v) is 3.27. The van der Waals surface area contributed by atoms with Crippen molar-refractivity contribution in [3.63, 3.8) is 0 Å². The first-order valence-electron chi connectivity index (χ1n) is 5.28. The molecule has 0 spiro atoms. The molecule has 1 heterocycles. The number of furan rings is 1. The molecule has 1 N–H and O–H groups in total. The van der Waals surface area contributed by atoms with Gasteiger partial charge in [0.25, 0.3) is 0 Å². The minimum atomic E-state index is 0.328. The first-order valence-corrected chi connectivity index (χ1v) is 6.87. The predicted octanol–water partition coefficient (Wildman–Crippen LogP) is 4.60. The SMILES string of the molecule is Cc1cc(Br)c(NCc2ccc(C#N)o2)c(Br)c1. The van der Waals surface area contributed by atoms with Crippen molar-refractivity contribution < 1.29 is 4.42 Å². The first kappa shape index (κ1) is 13.2. The van der Waals surface area contributed by atoms with Gasteiger partial charge in [0.2, 0.25) is 5.76 Å². The van der Waals surface area contributed by atoms with E-state index in [1.807, 2.05) is 25.1 Å². The fraction of sp³-hybridized carbons (Fsp3) is 0.154. The summed E-state index contributed by atoms with van der Waals surface area (Å²) in [5.41, 5.74) is 2.14. The maximum Gasteiger partial charge on any atom is 0.203 e. The molecular formula is C13H10Br2N2O. The molecule has 3 nitrogen and oxygen atoms in total. The van der Waals surface area contributed by atoms with Crippen LogP contribution in [-0.4, -0.2) is 0 Å². The van der Waals surface area contributed by atoms with E-state index in [2.05, 4.69) is 37.2 Å². The second kappa shape index (κ2) is 5.59. The highest BCUT2D eigenvalue weighted by molar-refractivity contribution is 9.11. The number of anilines is 1. The number of hydrogen-bond acceptors (Lipinski definition) is 3. The van der Waals surface area contributed by atoms with Crippen LogP contribution in [0.4, 0.5) is 5.69 Å². The number of halogens is 2. The minimum Gasteiger partial charge on any atom is -0.449 e. The molecule has 0 atom stereocenters. The summed E-state index contributed by atoms with van der Waals surface area (Å²) in [6.07, 6.45) is 0. The quantitative estimate of drug-likeness (QED) is 0.860. The Kier molecular flexibility index (Phi) is 4.10. The number of nitriles is 1. The summed E-state index contributed by atoms with van der Waals surface area (Å²) in [5.74, 6) is 1.06. The second-order valence-corrected chi connectivity index (χ2v) is 5.54. The van der Waals surface area contributed by atoms with Gasteiger partial charge in [-0.1, -0.05) is 0 Å². The molecule has 18 heavy (non-hydrogen) atoms. The van der Waals surface area contributed by atoms with Crippen LogP contribution in [0.2, 0.25) is 0 Å². The van der Waals surface area contributed by atoms with Gasteiger partial charge in [-0.15, -0.1) is 0 Å². The lowest BCUT2D eigenvalue weighted by Gasteiger charge is -2.10. The molecule has 5 heteroatoms. The lowest BCUT2D eigenvalue weighted by atomic mass is 10.2. The Morgan fingerprint density at radius 1 is 1.28 bits per heavy atom. The van der Waals surface area contributed by atoms with Crippen LogP contribution in [0, 0.1) is 18.3 Å². The molecule has 0 saturated carbocycles. The summed E-state index contributed by atoms with van der Waals surface area (Å²) in [6.45, 7) is 2.56. The normalized spacial score (nSPS) is 10.1. The molecule has 0 aliphatic heterocycles. The van der Waals surface area contributed by atoms with Gasteiger partial charge in [0.15, 0.2) is 0 Å². The smallest absolute Gasteiger partial charge is 0.203 e. The Hall–Kier alpha value is -1.25. The van der Waals surface area contributed by atoms with Crippen molar-refractivity contribution in [3.05, 3.63) is 50.3 Å². The molecule has 2 rings (SSSR count). The van der Waals surface area contributed by atoms with Gasteiger partial charge in [0.1, 0.15) is 11.8 Å². The van der Waals surface area contributed by atoms with Gasteiger partial charge in [0, 0.05) is 8.95 Å². The zero-order valence-electron chi connectivity index (χ0n) is 9.63. The molecule has 2 aromatic rings. The van der Waals surface area contributed by atoms with E-state index in [1.54, 1.807) is 12.1 Å². The Morgan fingerprint density at radius 3 is 2.50 bits per heavy atom. The molecule has 0 radical (unpaired) electrons. The third kappa shape index (κ3) is 2.95. The van der Waals surface area contributed by atoms with Crippen molar-refractivity contribution >= 4 is 37.5 Å². The Morgan fingerprint density at radius 2 is 1.94 bits per heavy atom. The molecule has 0 fully saturated rings. The highest BCUT2D eigenvalue weighted by Crippen LogP contribution is 2.32. The molecule has 92 valence electrons. The van der Waals surface area contributed by atoms with E-state index in [9.17, 15) is 0 Å². The summed E-state index contributed by atoms with van der Waals surface area (Å²) in [7, 11) is 0. The van der Waals surface area contributed by atoms with Gasteiger partial charge >= 0.3 is 0 Å². The third-order valence-electron chi connectivity index (χ3n) is 2.40. The largest absolute Gasteiger partial charge is 0.449 e. The number of nitrogens with one attached hydrogen (secondary N) is 1. The number of nitrogens with zero attached hydrogens (tertiary/aromatic N) is 1. The van der Waals surface area contributed by atoms with E-state index in [0.717, 1.165) is 20.4 Å². The number of benzene rings is 1. The molecule has 0 bridgehead atoms. The van der Waals surface area contributed by atoms with Crippen LogP contribution in [0.5, 0.6) is 0 Å². The van der Waals surface area contributed by atoms with E-state index in [-0.39, 0.29) is 0 Å². The Balaban J connectivity index is 2.13. The highest BCUT2D eigenvalue weighted by Gasteiger charge is 2.07. The fourth-order valence-electron chi connectivity index (χ4n) is 1.58. The van der Waals surface area contributed by atoms with Crippen LogP contribution in [0.1, 0.15) is 17.1 Å². The summed E-state index contributed by atoms with van der Waals surface area (Å²) >= 11 is 7.03. The van der Waals surface area contributed by atoms with E-state index < -0.39 is 0 Å². The Labute approximate surface area is 122 Å². The topological polar surface area (TPSA) is 49.0 Å². The van der Waals surface area contributed by atoms with E-state index in [0.29, 0.717) is 12.3 Å². The number of hydrogen-bond donors (Lipinski definition) is 1. The van der Waals surface area contributed by atoms with Crippen LogP contribution in [0.25, 0.3) is 0 Å². The van der Waals surface area contributed by atoms with Crippen molar-refractivity contribution in [2.45, 2.75) is 13.5 Å². The first-order chi connectivity index (χ1) is 8.60. The number of aryl methyl sites for hydroxylation is 1. The van der Waals surface area contributed by atoms with Crippen molar-refractivity contribution in [2.75, 3.05) is 5.32 Å². The van der Waals surface area contributed by atoms with Gasteiger partial charge < -0.3 is 9.73 Å². The van der Waals surface area contributed by atoms with Gasteiger partial charge in [0.05, 0.1) is 12.2 Å². The van der Waals surface area contributed by atoms with Gasteiger partial charge in [-0.2, -0.15) is 5.26 Å². The molecule has 0 saturated heterocycles. The van der Waals surface area contributed by atoms with Crippen LogP contribution in [0.3, 0.4) is 0 Å². The second-order valence-electron chi connectivity index (χ2n) is 3.83. The predicted molar refractivity (Wildman–Crippen MR) is 77.3 cm³/mol. The minimum absolute atomic E-state index is 0.328. The zero-order chi connectivity index (χ0) is 13.1. The summed E-state index contributed by atoms with van der Waals surface area (Å²) in [4.78, 5) is 0. The van der Waals surface area contributed by atoms with Crippen LogP contribution >= 0.6 is 31.9 Å². The molecule has 0 aliphatic rings. The molecule has 0 amide bonds. The maximum atomic E-state index is 8.68. The lowest BCUT2D eigenvalue weighted by molar-refractivity contribution is 0.506. The van der Waals surface area contributed by atoms with Crippen molar-refractivity contribution in [3.8, 4) is 6.07 Å². The van der Waals surface area contributed by atoms with Gasteiger partial charge in [-0.05, 0) is 68.6 Å². The highest BCUT2D eigenvalue weighted by atomic mass is 79.9. The summed E-state index contributed by atoms with van der Waals surface area (Å²) in [5, 5.41) is 11.9. The Bertz CT molecular complexity index is 591. The molecule has 1 aromatic heterocycles. The van der Waals surface area contributed by atoms with Crippen molar-refractivity contribution in [2.24, 2.45) is 0 Å². The van der Waals surface area contributed by atoms with Gasteiger partial charge in [-0.25, -0.2) is 0 Å². The third-order valence-corrected chi connectivity index (χ3v) is 3.65. The van der Waals surface area contributed by atoms with Crippen LogP contribution in [0.15, 0.2) is 37.6 Å². The average molecular weight is 370 g/mol. The zero-order valence-corrected chi connectivity index (χ0v) is 12.8. The van der Waals surface area contributed by atoms with E-state index in [1.165, 1.54) is 5.56 Å². The van der Waals surface area contributed by atoms with Crippen LogP contribution < -0.4 is 5.32 Å². The maximum absolute atomic E-state index is 8.68. The standard InChI is InChI=1S/C13H10Br2N2O/c1-8-4-11(14)13(12(15)5-8)17-7-10-3-2-9(6-16)18-10/h2-5,17H,7H2,1H3. The van der Waals surface area contributed by atoms with Gasteiger partial charge in [-0.3, -0.25) is 0 Å². The lowest BCUT2D eigenvalue weighted by Crippen LogP contribution is -2.00. The van der Waals surface area contributed by atoms with E-state index >= 15 is 0 Å². The van der Waals surface area contributed by atoms with Crippen molar-refractivity contribution in [1.29, 1.82) is 5.26 Å². The molecule has 0 unspecified atom stereocenters. The molecule has 1 aromatic carbocycles. The molecule has 0 aliphatic carbocycles. The van der Waals surface area contributed by atoms with Crippen LogP contribution in [-0.2, 0) is 6.54 Å². The van der Waals surface area contributed by atoms with E-state index in [4.69, 9.17) is 9.68 Å². The molecular weight excluding hydrogens is 360 g/mol.